The van der Waals surface area contributed by atoms with E-state index < -0.39 is 12.1 Å². The summed E-state index contributed by atoms with van der Waals surface area (Å²) in [5.41, 5.74) is 0.272. The Morgan fingerprint density at radius 1 is 1.47 bits per heavy atom. The van der Waals surface area contributed by atoms with Crippen LogP contribution in [0.1, 0.15) is 13.3 Å². The molecular weight excluding hydrogens is 192 g/mol. The lowest BCUT2D eigenvalue weighted by Crippen LogP contribution is -2.14. The third-order valence-electron chi connectivity index (χ3n) is 1.78. The van der Waals surface area contributed by atoms with Gasteiger partial charge in [-0.1, -0.05) is 24.8 Å². The largest absolute Gasteiger partial charge is 0.423 e. The maximum absolute atomic E-state index is 11.4. The molecule has 0 radical (unpaired) electrons. The average Bonchev–Trinajstić information content (AvgIpc) is 2.18. The highest BCUT2D eigenvalue weighted by atomic mass is 16.5. The van der Waals surface area contributed by atoms with E-state index in [-0.39, 0.29) is 12.0 Å². The zero-order chi connectivity index (χ0) is 11.3. The van der Waals surface area contributed by atoms with Gasteiger partial charge in [0.2, 0.25) is 0 Å². The van der Waals surface area contributed by atoms with E-state index in [9.17, 15) is 4.79 Å². The normalized spacial score (nSPS) is 11.9. The lowest BCUT2D eigenvalue weighted by molar-refractivity contribution is -0.130. The van der Waals surface area contributed by atoms with Crippen LogP contribution in [0.4, 0.5) is 0 Å². The predicted octanol–water partition coefficient (Wildman–Crippen LogP) is 1.92. The molecule has 15 heavy (non-hydrogen) atoms. The molecule has 0 aliphatic heterocycles. The van der Waals surface area contributed by atoms with E-state index in [1.54, 1.807) is 31.2 Å². The summed E-state index contributed by atoms with van der Waals surface area (Å²) < 4.78 is 5.03. The second kappa shape index (κ2) is 5.32. The van der Waals surface area contributed by atoms with E-state index in [1.165, 1.54) is 0 Å². The Hall–Kier alpha value is -1.61. The van der Waals surface area contributed by atoms with Gasteiger partial charge in [0, 0.05) is 12.0 Å². The van der Waals surface area contributed by atoms with Crippen LogP contribution in [0.25, 0.3) is 0 Å². The second-order valence-corrected chi connectivity index (χ2v) is 3.36. The van der Waals surface area contributed by atoms with Crippen molar-refractivity contribution < 1.29 is 14.6 Å². The van der Waals surface area contributed by atoms with Crippen LogP contribution in [0.3, 0.4) is 0 Å². The van der Waals surface area contributed by atoms with Crippen molar-refractivity contribution in [3.8, 4) is 5.75 Å². The fraction of sp³-hybridized carbons (Fsp3) is 0.250. The monoisotopic (exact) mass is 206 g/mol. The molecule has 3 nitrogen and oxygen atoms in total. The maximum atomic E-state index is 11.4. The van der Waals surface area contributed by atoms with Crippen LogP contribution in [0.2, 0.25) is 0 Å². The number of aliphatic hydroxyl groups excluding tert-OH is 1. The Kier molecular flexibility index (Phi) is 4.06. The van der Waals surface area contributed by atoms with Gasteiger partial charge in [-0.05, 0) is 19.1 Å². The summed E-state index contributed by atoms with van der Waals surface area (Å²) in [7, 11) is 0. The topological polar surface area (TPSA) is 46.5 Å². The Balaban J connectivity index is 2.53. The van der Waals surface area contributed by atoms with Gasteiger partial charge in [0.15, 0.2) is 0 Å². The molecule has 0 amide bonds. The number of carbonyl (C=O) groups is 1. The Bertz CT molecular complexity index is 341. The van der Waals surface area contributed by atoms with E-state index >= 15 is 0 Å². The second-order valence-electron chi connectivity index (χ2n) is 3.36. The van der Waals surface area contributed by atoms with Crippen LogP contribution in [0.5, 0.6) is 5.75 Å². The molecule has 0 heterocycles. The van der Waals surface area contributed by atoms with Crippen molar-refractivity contribution in [2.45, 2.75) is 19.4 Å². The minimum absolute atomic E-state index is 0.228. The van der Waals surface area contributed by atoms with Gasteiger partial charge in [0.05, 0.1) is 6.10 Å². The van der Waals surface area contributed by atoms with Crippen molar-refractivity contribution in [2.75, 3.05) is 0 Å². The molecule has 3 heteroatoms. The molecule has 0 spiro atoms. The predicted molar refractivity (Wildman–Crippen MR) is 57.5 cm³/mol. The summed E-state index contributed by atoms with van der Waals surface area (Å²) in [5.74, 6) is -0.0173. The highest BCUT2D eigenvalue weighted by molar-refractivity contribution is 5.89. The Morgan fingerprint density at radius 2 is 2.07 bits per heavy atom. The third-order valence-corrected chi connectivity index (χ3v) is 1.78. The van der Waals surface area contributed by atoms with Crippen LogP contribution >= 0.6 is 0 Å². The smallest absolute Gasteiger partial charge is 0.338 e. The average molecular weight is 206 g/mol. The van der Waals surface area contributed by atoms with E-state index in [1.807, 2.05) is 6.07 Å². The van der Waals surface area contributed by atoms with Crippen LogP contribution in [0.15, 0.2) is 42.5 Å². The first-order valence-electron chi connectivity index (χ1n) is 4.72. The molecule has 0 fully saturated rings. The molecule has 0 aromatic heterocycles. The number of esters is 1. The van der Waals surface area contributed by atoms with Gasteiger partial charge in [0.1, 0.15) is 5.75 Å². The summed E-state index contributed by atoms with van der Waals surface area (Å²) in [6.45, 7) is 5.15. The van der Waals surface area contributed by atoms with Crippen molar-refractivity contribution in [3.05, 3.63) is 42.5 Å². The highest BCUT2D eigenvalue weighted by Gasteiger charge is 2.11. The molecule has 0 saturated heterocycles. The molecular formula is C12H14O3. The lowest BCUT2D eigenvalue weighted by atomic mass is 10.1. The number of hydrogen-bond acceptors (Lipinski definition) is 3. The first-order chi connectivity index (χ1) is 7.09. The zero-order valence-corrected chi connectivity index (χ0v) is 8.64. The van der Waals surface area contributed by atoms with Crippen molar-refractivity contribution in [1.29, 1.82) is 0 Å². The fourth-order valence-electron chi connectivity index (χ4n) is 1.11. The maximum Gasteiger partial charge on any atom is 0.338 e. The van der Waals surface area contributed by atoms with E-state index in [0.29, 0.717) is 5.75 Å². The first kappa shape index (κ1) is 11.5. The molecule has 1 aromatic rings. The summed E-state index contributed by atoms with van der Waals surface area (Å²) in [4.78, 5) is 11.4. The summed E-state index contributed by atoms with van der Waals surface area (Å²) in [6.07, 6.45) is -0.355. The summed E-state index contributed by atoms with van der Waals surface area (Å²) in [5, 5.41) is 9.07. The van der Waals surface area contributed by atoms with Gasteiger partial charge < -0.3 is 9.84 Å². The van der Waals surface area contributed by atoms with Gasteiger partial charge in [-0.15, -0.1) is 0 Å². The molecule has 1 aromatic carbocycles. The quantitative estimate of drug-likeness (QED) is 0.465. The number of ether oxygens (including phenoxy) is 1. The minimum atomic E-state index is -0.583. The Labute approximate surface area is 89.0 Å². The third kappa shape index (κ3) is 3.95. The van der Waals surface area contributed by atoms with Crippen molar-refractivity contribution in [1.82, 2.24) is 0 Å². The molecule has 0 aliphatic carbocycles. The van der Waals surface area contributed by atoms with E-state index in [2.05, 4.69) is 6.58 Å². The highest BCUT2D eigenvalue weighted by Crippen LogP contribution is 2.12. The van der Waals surface area contributed by atoms with Crippen LogP contribution in [-0.4, -0.2) is 17.2 Å². The van der Waals surface area contributed by atoms with Crippen molar-refractivity contribution in [3.63, 3.8) is 0 Å². The molecule has 1 N–H and O–H groups in total. The number of rotatable bonds is 4. The molecule has 80 valence electrons. The summed E-state index contributed by atoms with van der Waals surface area (Å²) in [6, 6.07) is 8.77. The van der Waals surface area contributed by atoms with Gasteiger partial charge in [-0.2, -0.15) is 0 Å². The van der Waals surface area contributed by atoms with Gasteiger partial charge >= 0.3 is 5.97 Å². The fourth-order valence-corrected chi connectivity index (χ4v) is 1.11. The van der Waals surface area contributed by atoms with E-state index in [4.69, 9.17) is 9.84 Å². The molecule has 0 saturated carbocycles. The van der Waals surface area contributed by atoms with Crippen LogP contribution in [-0.2, 0) is 4.79 Å². The summed E-state index contributed by atoms with van der Waals surface area (Å²) >= 11 is 0. The number of carbonyl (C=O) groups excluding carboxylic acids is 1. The van der Waals surface area contributed by atoms with Crippen molar-refractivity contribution >= 4 is 5.97 Å². The van der Waals surface area contributed by atoms with E-state index in [0.717, 1.165) is 0 Å². The van der Waals surface area contributed by atoms with Gasteiger partial charge in [-0.25, -0.2) is 4.79 Å². The van der Waals surface area contributed by atoms with Crippen molar-refractivity contribution in [2.24, 2.45) is 0 Å². The molecule has 1 unspecified atom stereocenters. The minimum Gasteiger partial charge on any atom is -0.423 e. The van der Waals surface area contributed by atoms with Gasteiger partial charge in [0.25, 0.3) is 0 Å². The number of aliphatic hydroxyl groups is 1. The SMILES string of the molecule is C=C(CC(C)O)C(=O)Oc1ccccc1. The number of benzene rings is 1. The first-order valence-corrected chi connectivity index (χ1v) is 4.72. The molecule has 0 aliphatic rings. The number of para-hydroxylation sites is 1. The molecule has 0 bridgehead atoms. The van der Waals surface area contributed by atoms with Gasteiger partial charge in [-0.3, -0.25) is 0 Å². The van der Waals surface area contributed by atoms with Crippen LogP contribution < -0.4 is 4.74 Å². The standard InChI is InChI=1S/C12H14O3/c1-9(8-10(2)13)12(14)15-11-6-4-3-5-7-11/h3-7,10,13H,1,8H2,2H3. The Morgan fingerprint density at radius 3 is 2.60 bits per heavy atom. The molecule has 1 rings (SSSR count). The molecule has 1 atom stereocenters. The van der Waals surface area contributed by atoms with Crippen LogP contribution in [0, 0.1) is 0 Å². The number of hydrogen-bond donors (Lipinski definition) is 1. The lowest BCUT2D eigenvalue weighted by Gasteiger charge is -2.07. The zero-order valence-electron chi connectivity index (χ0n) is 8.64.